The number of primary amides is 1. The molecule has 1 heterocycles. The number of halogens is 1. The first-order valence-electron chi connectivity index (χ1n) is 7.18. The molecule has 1 fully saturated rings. The van der Waals surface area contributed by atoms with E-state index in [1.807, 2.05) is 12.1 Å². The second-order valence-corrected chi connectivity index (χ2v) is 5.96. The number of nitrogens with one attached hydrogen (secondary N) is 2. The van der Waals surface area contributed by atoms with Gasteiger partial charge in [0.1, 0.15) is 0 Å². The lowest BCUT2D eigenvalue weighted by Crippen LogP contribution is -3.14. The van der Waals surface area contributed by atoms with Crippen LogP contribution in [0, 0.1) is 5.92 Å². The van der Waals surface area contributed by atoms with Gasteiger partial charge in [-0.05, 0) is 30.5 Å². The minimum absolute atomic E-state index is 0.00919. The third-order valence-electron chi connectivity index (χ3n) is 3.83. The summed E-state index contributed by atoms with van der Waals surface area (Å²) in [5.74, 6) is -0.364. The summed E-state index contributed by atoms with van der Waals surface area (Å²) in [5.41, 5.74) is 6.35. The van der Waals surface area contributed by atoms with E-state index < -0.39 is 0 Å². The van der Waals surface area contributed by atoms with E-state index in [0.29, 0.717) is 24.7 Å². The summed E-state index contributed by atoms with van der Waals surface area (Å²) in [5, 5.41) is 3.57. The van der Waals surface area contributed by atoms with Crippen LogP contribution < -0.4 is 16.0 Å². The van der Waals surface area contributed by atoms with Gasteiger partial charge < -0.3 is 16.0 Å². The molecule has 1 aliphatic heterocycles. The molecule has 0 spiro atoms. The molecular weight excluding hydrogens is 290 g/mol. The van der Waals surface area contributed by atoms with Crippen molar-refractivity contribution in [2.45, 2.75) is 19.4 Å². The molecule has 0 bridgehead atoms. The van der Waals surface area contributed by atoms with Gasteiger partial charge in [-0.25, -0.2) is 0 Å². The van der Waals surface area contributed by atoms with Crippen molar-refractivity contribution >= 4 is 23.4 Å². The van der Waals surface area contributed by atoms with E-state index in [-0.39, 0.29) is 17.7 Å². The number of carbonyl (C=O) groups is 2. The monoisotopic (exact) mass is 310 g/mol. The average Bonchev–Trinajstić information content (AvgIpc) is 2.47. The summed E-state index contributed by atoms with van der Waals surface area (Å²) in [6, 6.07) is 7.38. The lowest BCUT2D eigenvalue weighted by atomic mass is 9.97. The maximum absolute atomic E-state index is 12.0. The Labute approximate surface area is 129 Å². The van der Waals surface area contributed by atoms with Gasteiger partial charge in [0.25, 0.3) is 5.91 Å². The summed E-state index contributed by atoms with van der Waals surface area (Å²) in [4.78, 5) is 24.3. The van der Waals surface area contributed by atoms with Crippen molar-refractivity contribution in [1.29, 1.82) is 0 Å². The SMILES string of the molecule is NC(=O)[C@@H]1CCC[NH+](CC(=O)NCc2ccc(Cl)cc2)C1. The zero-order valence-electron chi connectivity index (χ0n) is 11.9. The zero-order valence-corrected chi connectivity index (χ0v) is 12.7. The number of likely N-dealkylation sites (tertiary alicyclic amines) is 1. The van der Waals surface area contributed by atoms with Crippen LogP contribution in [-0.4, -0.2) is 31.4 Å². The summed E-state index contributed by atoms with van der Waals surface area (Å²) in [6.07, 6.45) is 1.78. The molecule has 2 rings (SSSR count). The van der Waals surface area contributed by atoms with Gasteiger partial charge >= 0.3 is 0 Å². The first kappa shape index (κ1) is 15.8. The molecule has 5 nitrogen and oxygen atoms in total. The quantitative estimate of drug-likeness (QED) is 0.700. The van der Waals surface area contributed by atoms with E-state index in [1.54, 1.807) is 12.1 Å². The Morgan fingerprint density at radius 2 is 2.05 bits per heavy atom. The van der Waals surface area contributed by atoms with E-state index in [0.717, 1.165) is 29.8 Å². The molecule has 0 aliphatic carbocycles. The van der Waals surface area contributed by atoms with Crippen LogP contribution in [0.3, 0.4) is 0 Å². The number of hydrogen-bond acceptors (Lipinski definition) is 2. The van der Waals surface area contributed by atoms with Crippen molar-refractivity contribution in [3.05, 3.63) is 34.9 Å². The van der Waals surface area contributed by atoms with E-state index >= 15 is 0 Å². The van der Waals surface area contributed by atoms with Crippen molar-refractivity contribution in [2.75, 3.05) is 19.6 Å². The average molecular weight is 311 g/mol. The highest BCUT2D eigenvalue weighted by molar-refractivity contribution is 6.30. The molecule has 0 aromatic heterocycles. The van der Waals surface area contributed by atoms with Crippen LogP contribution >= 0.6 is 11.6 Å². The van der Waals surface area contributed by atoms with Crippen molar-refractivity contribution in [3.63, 3.8) is 0 Å². The number of amides is 2. The Kier molecular flexibility index (Phi) is 5.59. The Morgan fingerprint density at radius 3 is 2.71 bits per heavy atom. The predicted molar refractivity (Wildman–Crippen MR) is 80.8 cm³/mol. The fraction of sp³-hybridized carbons (Fsp3) is 0.467. The molecule has 21 heavy (non-hydrogen) atoms. The standard InChI is InChI=1S/C15H20ClN3O2/c16-13-5-3-11(4-6-13)8-18-14(20)10-19-7-1-2-12(9-19)15(17)21/h3-6,12H,1-2,7-10H2,(H2,17,21)(H,18,20)/p+1/t12-/m1/s1. The third kappa shape index (κ3) is 5.02. The first-order chi connectivity index (χ1) is 10.0. The van der Waals surface area contributed by atoms with Gasteiger partial charge in [0.05, 0.1) is 19.0 Å². The normalized spacial score (nSPS) is 21.8. The molecule has 114 valence electrons. The fourth-order valence-corrected chi connectivity index (χ4v) is 2.77. The maximum atomic E-state index is 12.0. The van der Waals surface area contributed by atoms with Gasteiger partial charge in [0.2, 0.25) is 5.91 Å². The topological polar surface area (TPSA) is 76.6 Å². The lowest BCUT2D eigenvalue weighted by molar-refractivity contribution is -0.899. The summed E-state index contributed by atoms with van der Waals surface area (Å²) in [7, 11) is 0. The molecule has 1 saturated heterocycles. The number of carbonyl (C=O) groups excluding carboxylic acids is 2. The minimum Gasteiger partial charge on any atom is -0.369 e. The zero-order chi connectivity index (χ0) is 15.2. The second-order valence-electron chi connectivity index (χ2n) is 5.53. The van der Waals surface area contributed by atoms with E-state index in [2.05, 4.69) is 5.32 Å². The molecule has 1 aliphatic rings. The first-order valence-corrected chi connectivity index (χ1v) is 7.56. The summed E-state index contributed by atoms with van der Waals surface area (Å²) >= 11 is 5.81. The van der Waals surface area contributed by atoms with Crippen LogP contribution in [0.2, 0.25) is 5.02 Å². The molecule has 1 unspecified atom stereocenters. The highest BCUT2D eigenvalue weighted by Crippen LogP contribution is 2.09. The Balaban J connectivity index is 1.76. The fourth-order valence-electron chi connectivity index (χ4n) is 2.65. The number of hydrogen-bond donors (Lipinski definition) is 3. The molecule has 1 aromatic carbocycles. The van der Waals surface area contributed by atoms with E-state index in [4.69, 9.17) is 17.3 Å². The molecule has 2 atom stereocenters. The predicted octanol–water partition coefficient (Wildman–Crippen LogP) is -0.264. The molecule has 4 N–H and O–H groups in total. The number of piperidine rings is 1. The molecule has 0 saturated carbocycles. The van der Waals surface area contributed by atoms with Gasteiger partial charge in [0, 0.05) is 11.6 Å². The Hall–Kier alpha value is -1.59. The van der Waals surface area contributed by atoms with Gasteiger partial charge in [-0.3, -0.25) is 9.59 Å². The molecule has 0 radical (unpaired) electrons. The largest absolute Gasteiger partial charge is 0.369 e. The highest BCUT2D eigenvalue weighted by Gasteiger charge is 2.28. The lowest BCUT2D eigenvalue weighted by Gasteiger charge is -2.27. The third-order valence-corrected chi connectivity index (χ3v) is 4.09. The minimum atomic E-state index is -0.256. The number of quaternary nitrogens is 1. The van der Waals surface area contributed by atoms with Crippen LogP contribution in [0.5, 0.6) is 0 Å². The van der Waals surface area contributed by atoms with Crippen molar-refractivity contribution in [2.24, 2.45) is 11.7 Å². The summed E-state index contributed by atoms with van der Waals surface area (Å²) < 4.78 is 0. The van der Waals surface area contributed by atoms with Gasteiger partial charge in [0.15, 0.2) is 6.54 Å². The van der Waals surface area contributed by atoms with Gasteiger partial charge in [-0.15, -0.1) is 0 Å². The van der Waals surface area contributed by atoms with Gasteiger partial charge in [-0.2, -0.15) is 0 Å². The summed E-state index contributed by atoms with van der Waals surface area (Å²) in [6.45, 7) is 2.45. The van der Waals surface area contributed by atoms with Crippen molar-refractivity contribution in [1.82, 2.24) is 5.32 Å². The smallest absolute Gasteiger partial charge is 0.275 e. The van der Waals surface area contributed by atoms with Gasteiger partial charge in [-0.1, -0.05) is 23.7 Å². The highest BCUT2D eigenvalue weighted by atomic mass is 35.5. The van der Waals surface area contributed by atoms with Crippen LogP contribution in [-0.2, 0) is 16.1 Å². The van der Waals surface area contributed by atoms with Crippen molar-refractivity contribution < 1.29 is 14.5 Å². The van der Waals surface area contributed by atoms with Crippen LogP contribution in [0.4, 0.5) is 0 Å². The maximum Gasteiger partial charge on any atom is 0.275 e. The van der Waals surface area contributed by atoms with Crippen LogP contribution in [0.15, 0.2) is 24.3 Å². The molecule has 6 heteroatoms. The molecule has 2 amide bonds. The van der Waals surface area contributed by atoms with E-state index in [9.17, 15) is 9.59 Å². The van der Waals surface area contributed by atoms with Crippen LogP contribution in [0.1, 0.15) is 18.4 Å². The number of nitrogens with two attached hydrogens (primary N) is 1. The number of rotatable bonds is 5. The second kappa shape index (κ2) is 7.43. The van der Waals surface area contributed by atoms with Crippen LogP contribution in [0.25, 0.3) is 0 Å². The Morgan fingerprint density at radius 1 is 1.33 bits per heavy atom. The molecular formula is C15H21ClN3O2+. The Bertz CT molecular complexity index is 504. The number of benzene rings is 1. The van der Waals surface area contributed by atoms with E-state index in [1.165, 1.54) is 0 Å². The van der Waals surface area contributed by atoms with Crippen molar-refractivity contribution in [3.8, 4) is 0 Å². The molecule has 1 aromatic rings.